The van der Waals surface area contributed by atoms with Gasteiger partial charge in [0, 0.05) is 26.8 Å². The molecule has 1 aliphatic carbocycles. The van der Waals surface area contributed by atoms with Gasteiger partial charge in [-0.25, -0.2) is 0 Å². The quantitative estimate of drug-likeness (QED) is 0.702. The molecule has 3 nitrogen and oxygen atoms in total. The summed E-state index contributed by atoms with van der Waals surface area (Å²) in [6, 6.07) is 0. The largest absolute Gasteiger partial charge is 0.383 e. The van der Waals surface area contributed by atoms with Gasteiger partial charge in [0.1, 0.15) is 0 Å². The third-order valence-electron chi connectivity index (χ3n) is 4.00. The molecule has 0 aromatic carbocycles. The zero-order valence-electron chi connectivity index (χ0n) is 10.4. The topological polar surface area (TPSA) is 30.5 Å². The van der Waals surface area contributed by atoms with E-state index in [0.717, 1.165) is 38.1 Å². The highest BCUT2D eigenvalue weighted by molar-refractivity contribution is 4.86. The average molecular weight is 227 g/mol. The van der Waals surface area contributed by atoms with Gasteiger partial charge in [-0.2, -0.15) is 0 Å². The van der Waals surface area contributed by atoms with E-state index in [0.29, 0.717) is 6.10 Å². The van der Waals surface area contributed by atoms with E-state index in [1.165, 1.54) is 32.1 Å². The molecule has 3 heteroatoms. The van der Waals surface area contributed by atoms with E-state index in [4.69, 9.17) is 9.47 Å². The maximum absolute atomic E-state index is 5.98. The predicted octanol–water partition coefficient (Wildman–Crippen LogP) is 1.82. The lowest BCUT2D eigenvalue weighted by Gasteiger charge is -2.41. The Morgan fingerprint density at radius 1 is 1.25 bits per heavy atom. The summed E-state index contributed by atoms with van der Waals surface area (Å²) in [7, 11) is 1.75. The highest BCUT2D eigenvalue weighted by atomic mass is 16.5. The lowest BCUT2D eigenvalue weighted by molar-refractivity contribution is -0.0788. The van der Waals surface area contributed by atoms with Gasteiger partial charge in [0.15, 0.2) is 0 Å². The minimum absolute atomic E-state index is 0.539. The van der Waals surface area contributed by atoms with Crippen LogP contribution in [0.1, 0.15) is 32.1 Å². The van der Waals surface area contributed by atoms with Crippen molar-refractivity contribution in [1.82, 2.24) is 5.32 Å². The Morgan fingerprint density at radius 3 is 2.81 bits per heavy atom. The normalized spacial score (nSPS) is 31.3. The Balaban J connectivity index is 1.71. The van der Waals surface area contributed by atoms with Crippen LogP contribution >= 0.6 is 0 Å². The molecule has 2 unspecified atom stereocenters. The standard InChI is InChI=1S/C13H25NO2/c1-15-9-7-14-10-12-6-3-8-16-13(12)11-4-2-5-11/h11-14H,2-10H2,1H3. The van der Waals surface area contributed by atoms with Crippen LogP contribution in [0.5, 0.6) is 0 Å². The number of hydrogen-bond acceptors (Lipinski definition) is 3. The van der Waals surface area contributed by atoms with Crippen LogP contribution < -0.4 is 5.32 Å². The van der Waals surface area contributed by atoms with Gasteiger partial charge in [0.05, 0.1) is 12.7 Å². The number of ether oxygens (including phenoxy) is 2. The molecule has 1 saturated carbocycles. The summed E-state index contributed by atoms with van der Waals surface area (Å²) in [5.74, 6) is 1.59. The van der Waals surface area contributed by atoms with Gasteiger partial charge in [-0.05, 0) is 37.5 Å². The monoisotopic (exact) mass is 227 g/mol. The highest BCUT2D eigenvalue weighted by Crippen LogP contribution is 2.37. The Labute approximate surface area is 98.9 Å². The fourth-order valence-electron chi connectivity index (χ4n) is 2.83. The van der Waals surface area contributed by atoms with Crippen LogP contribution in [0.15, 0.2) is 0 Å². The first kappa shape index (κ1) is 12.3. The molecule has 0 amide bonds. The molecule has 16 heavy (non-hydrogen) atoms. The first-order chi connectivity index (χ1) is 7.92. The van der Waals surface area contributed by atoms with Crippen LogP contribution in [-0.4, -0.2) is 39.5 Å². The Hall–Kier alpha value is -0.120. The van der Waals surface area contributed by atoms with Crippen molar-refractivity contribution in [2.45, 2.75) is 38.2 Å². The van der Waals surface area contributed by atoms with E-state index in [1.54, 1.807) is 7.11 Å². The second kappa shape index (κ2) is 6.58. The lowest BCUT2D eigenvalue weighted by Crippen LogP contribution is -2.43. The van der Waals surface area contributed by atoms with Gasteiger partial charge in [0.25, 0.3) is 0 Å². The molecular formula is C13H25NO2. The molecule has 0 radical (unpaired) electrons. The van der Waals surface area contributed by atoms with Crippen molar-refractivity contribution >= 4 is 0 Å². The summed E-state index contributed by atoms with van der Waals surface area (Å²) in [6.45, 7) is 3.85. The Bertz CT molecular complexity index is 194. The third-order valence-corrected chi connectivity index (χ3v) is 4.00. The van der Waals surface area contributed by atoms with Crippen molar-refractivity contribution in [3.05, 3.63) is 0 Å². The lowest BCUT2D eigenvalue weighted by atomic mass is 9.74. The fraction of sp³-hybridized carbons (Fsp3) is 1.00. The smallest absolute Gasteiger partial charge is 0.0643 e. The van der Waals surface area contributed by atoms with Gasteiger partial charge >= 0.3 is 0 Å². The zero-order valence-corrected chi connectivity index (χ0v) is 10.4. The van der Waals surface area contributed by atoms with Crippen molar-refractivity contribution in [2.75, 3.05) is 33.4 Å². The second-order valence-corrected chi connectivity index (χ2v) is 5.13. The van der Waals surface area contributed by atoms with Crippen LogP contribution in [0.2, 0.25) is 0 Å². The van der Waals surface area contributed by atoms with E-state index in [1.807, 2.05) is 0 Å². The van der Waals surface area contributed by atoms with Crippen molar-refractivity contribution in [2.24, 2.45) is 11.8 Å². The summed E-state index contributed by atoms with van der Waals surface area (Å²) in [6.07, 6.45) is 7.30. The minimum atomic E-state index is 0.539. The fourth-order valence-corrected chi connectivity index (χ4v) is 2.83. The molecule has 2 atom stereocenters. The van der Waals surface area contributed by atoms with Crippen molar-refractivity contribution in [3.8, 4) is 0 Å². The molecule has 1 N–H and O–H groups in total. The summed E-state index contributed by atoms with van der Waals surface area (Å²) in [5, 5.41) is 3.48. The highest BCUT2D eigenvalue weighted by Gasteiger charge is 2.35. The number of methoxy groups -OCH3 is 1. The molecule has 0 bridgehead atoms. The Kier molecular flexibility index (Phi) is 5.07. The number of nitrogens with one attached hydrogen (secondary N) is 1. The van der Waals surface area contributed by atoms with Gasteiger partial charge in [0.2, 0.25) is 0 Å². The second-order valence-electron chi connectivity index (χ2n) is 5.13. The van der Waals surface area contributed by atoms with Crippen molar-refractivity contribution in [1.29, 1.82) is 0 Å². The third kappa shape index (κ3) is 3.19. The predicted molar refractivity (Wildman–Crippen MR) is 64.6 cm³/mol. The van der Waals surface area contributed by atoms with Crippen LogP contribution in [-0.2, 0) is 9.47 Å². The van der Waals surface area contributed by atoms with Crippen LogP contribution in [0, 0.1) is 11.8 Å². The SMILES string of the molecule is COCCNCC1CCCOC1C1CCC1. The average Bonchev–Trinajstić information content (AvgIpc) is 2.24. The maximum Gasteiger partial charge on any atom is 0.0643 e. The summed E-state index contributed by atoms with van der Waals surface area (Å²) < 4.78 is 11.0. The van der Waals surface area contributed by atoms with Crippen molar-refractivity contribution in [3.63, 3.8) is 0 Å². The summed E-state index contributed by atoms with van der Waals surface area (Å²) in [5.41, 5.74) is 0. The molecule has 1 heterocycles. The van der Waals surface area contributed by atoms with Crippen LogP contribution in [0.4, 0.5) is 0 Å². The first-order valence-electron chi connectivity index (χ1n) is 6.73. The molecule has 2 rings (SSSR count). The van der Waals surface area contributed by atoms with E-state index < -0.39 is 0 Å². The first-order valence-corrected chi connectivity index (χ1v) is 6.73. The van der Waals surface area contributed by atoms with Gasteiger partial charge < -0.3 is 14.8 Å². The van der Waals surface area contributed by atoms with Crippen molar-refractivity contribution < 1.29 is 9.47 Å². The molecule has 2 aliphatic rings. The summed E-state index contributed by atoms with van der Waals surface area (Å²) >= 11 is 0. The summed E-state index contributed by atoms with van der Waals surface area (Å²) in [4.78, 5) is 0. The van der Waals surface area contributed by atoms with Crippen LogP contribution in [0.25, 0.3) is 0 Å². The molecule has 0 aromatic heterocycles. The van der Waals surface area contributed by atoms with Gasteiger partial charge in [-0.15, -0.1) is 0 Å². The van der Waals surface area contributed by atoms with E-state index in [2.05, 4.69) is 5.32 Å². The Morgan fingerprint density at radius 2 is 2.12 bits per heavy atom. The molecule has 94 valence electrons. The molecule has 2 fully saturated rings. The minimum Gasteiger partial charge on any atom is -0.383 e. The number of rotatable bonds is 6. The maximum atomic E-state index is 5.98. The molecular weight excluding hydrogens is 202 g/mol. The number of hydrogen-bond donors (Lipinski definition) is 1. The van der Waals surface area contributed by atoms with Crippen LogP contribution in [0.3, 0.4) is 0 Å². The molecule has 0 spiro atoms. The molecule has 1 saturated heterocycles. The molecule has 0 aromatic rings. The zero-order chi connectivity index (χ0) is 11.2. The molecule has 1 aliphatic heterocycles. The van der Waals surface area contributed by atoms with E-state index in [9.17, 15) is 0 Å². The van der Waals surface area contributed by atoms with E-state index >= 15 is 0 Å². The van der Waals surface area contributed by atoms with Gasteiger partial charge in [-0.1, -0.05) is 6.42 Å². The van der Waals surface area contributed by atoms with E-state index in [-0.39, 0.29) is 0 Å². The van der Waals surface area contributed by atoms with Gasteiger partial charge in [-0.3, -0.25) is 0 Å².